The maximum Gasteiger partial charge on any atom is 0.256 e. The van der Waals surface area contributed by atoms with Gasteiger partial charge in [0.05, 0.1) is 17.9 Å². The van der Waals surface area contributed by atoms with E-state index in [1.54, 1.807) is 24.3 Å². The minimum atomic E-state index is -0.576. The molecule has 2 rings (SSSR count). The number of benzene rings is 1. The van der Waals surface area contributed by atoms with Gasteiger partial charge in [0.2, 0.25) is 0 Å². The summed E-state index contributed by atoms with van der Waals surface area (Å²) in [7, 11) is 0. The van der Waals surface area contributed by atoms with Gasteiger partial charge in [-0.3, -0.25) is 9.59 Å². The van der Waals surface area contributed by atoms with E-state index in [4.69, 9.17) is 16.2 Å². The average molecular weight is 333 g/mol. The normalized spacial score (nSPS) is 10.3. The maximum absolute atomic E-state index is 12.3. The van der Waals surface area contributed by atoms with Crippen LogP contribution in [0.4, 0.5) is 10.7 Å². The zero-order valence-corrected chi connectivity index (χ0v) is 13.8. The Hall–Kier alpha value is -2.54. The first kappa shape index (κ1) is 16.8. The van der Waals surface area contributed by atoms with Gasteiger partial charge in [0.1, 0.15) is 10.8 Å². The van der Waals surface area contributed by atoms with Crippen molar-refractivity contribution in [3.05, 3.63) is 40.3 Å². The molecule has 2 aromatic rings. The Balaban J connectivity index is 2.18. The maximum atomic E-state index is 12.3. The predicted molar refractivity (Wildman–Crippen MR) is 92.2 cm³/mol. The second kappa shape index (κ2) is 7.15. The average Bonchev–Trinajstić information content (AvgIpc) is 2.86. The first-order valence-electron chi connectivity index (χ1n) is 7.16. The standard InChI is InChI=1S/C16H19N3O3S/c1-3-6-22-13-5-4-10(8-12(13)17)15(21)19-16-11(14(18)20)7-9(2)23-16/h4-5,7-8H,3,6,17H2,1-2H3,(H2,18,20)(H,19,21). The molecule has 0 bridgehead atoms. The zero-order valence-electron chi connectivity index (χ0n) is 13.0. The van der Waals surface area contributed by atoms with Crippen LogP contribution >= 0.6 is 11.3 Å². The van der Waals surface area contributed by atoms with Crippen LogP contribution in [-0.4, -0.2) is 18.4 Å². The van der Waals surface area contributed by atoms with Crippen molar-refractivity contribution in [2.75, 3.05) is 17.7 Å². The van der Waals surface area contributed by atoms with Crippen molar-refractivity contribution in [2.24, 2.45) is 5.73 Å². The van der Waals surface area contributed by atoms with Gasteiger partial charge in [0.25, 0.3) is 11.8 Å². The fraction of sp³-hybridized carbons (Fsp3) is 0.250. The topological polar surface area (TPSA) is 107 Å². The number of nitrogen functional groups attached to an aromatic ring is 1. The van der Waals surface area contributed by atoms with E-state index in [1.165, 1.54) is 11.3 Å². The van der Waals surface area contributed by atoms with Crippen molar-refractivity contribution in [2.45, 2.75) is 20.3 Å². The predicted octanol–water partition coefficient (Wildman–Crippen LogP) is 2.78. The smallest absolute Gasteiger partial charge is 0.256 e. The van der Waals surface area contributed by atoms with E-state index in [-0.39, 0.29) is 5.91 Å². The highest BCUT2D eigenvalue weighted by atomic mass is 32.1. The SMILES string of the molecule is CCCOc1ccc(C(=O)Nc2sc(C)cc2C(N)=O)cc1N. The van der Waals surface area contributed by atoms with Crippen LogP contribution < -0.4 is 21.5 Å². The minimum absolute atomic E-state index is 0.303. The third kappa shape index (κ3) is 4.01. The zero-order chi connectivity index (χ0) is 17.0. The van der Waals surface area contributed by atoms with E-state index in [0.29, 0.717) is 34.2 Å². The van der Waals surface area contributed by atoms with E-state index >= 15 is 0 Å². The van der Waals surface area contributed by atoms with Crippen LogP contribution in [0.1, 0.15) is 38.9 Å². The molecule has 5 N–H and O–H groups in total. The summed E-state index contributed by atoms with van der Waals surface area (Å²) >= 11 is 1.30. The summed E-state index contributed by atoms with van der Waals surface area (Å²) < 4.78 is 5.48. The van der Waals surface area contributed by atoms with E-state index in [2.05, 4.69) is 5.32 Å². The van der Waals surface area contributed by atoms with Gasteiger partial charge in [0.15, 0.2) is 0 Å². The van der Waals surface area contributed by atoms with Crippen LogP contribution in [0.5, 0.6) is 5.75 Å². The molecule has 122 valence electrons. The molecule has 0 spiro atoms. The molecular formula is C16H19N3O3S. The van der Waals surface area contributed by atoms with Gasteiger partial charge in [-0.1, -0.05) is 6.92 Å². The number of rotatable bonds is 6. The van der Waals surface area contributed by atoms with Crippen molar-refractivity contribution in [3.8, 4) is 5.75 Å². The molecule has 0 fully saturated rings. The molecule has 0 unspecified atom stereocenters. The molecule has 0 saturated heterocycles. The number of amides is 2. The highest BCUT2D eigenvalue weighted by Gasteiger charge is 2.16. The molecule has 0 atom stereocenters. The summed E-state index contributed by atoms with van der Waals surface area (Å²) in [5.41, 5.74) is 12.3. The van der Waals surface area contributed by atoms with Crippen LogP contribution in [0.15, 0.2) is 24.3 Å². The number of hydrogen-bond acceptors (Lipinski definition) is 5. The molecule has 0 aliphatic heterocycles. The minimum Gasteiger partial charge on any atom is -0.491 e. The Morgan fingerprint density at radius 3 is 2.65 bits per heavy atom. The molecule has 0 aliphatic rings. The molecule has 23 heavy (non-hydrogen) atoms. The molecule has 0 saturated carbocycles. The number of thiophene rings is 1. The summed E-state index contributed by atoms with van der Waals surface area (Å²) in [5.74, 6) is -0.385. The third-order valence-electron chi connectivity index (χ3n) is 3.08. The fourth-order valence-corrected chi connectivity index (χ4v) is 2.91. The molecule has 1 aromatic heterocycles. The lowest BCUT2D eigenvalue weighted by molar-refractivity contribution is 0.100. The molecule has 2 amide bonds. The van der Waals surface area contributed by atoms with Crippen molar-refractivity contribution in [3.63, 3.8) is 0 Å². The lowest BCUT2D eigenvalue weighted by Crippen LogP contribution is -2.16. The summed E-state index contributed by atoms with van der Waals surface area (Å²) in [6.07, 6.45) is 0.870. The Labute approximate surface area is 138 Å². The number of carbonyl (C=O) groups is 2. The molecule has 1 aromatic carbocycles. The van der Waals surface area contributed by atoms with Crippen LogP contribution in [0, 0.1) is 6.92 Å². The summed E-state index contributed by atoms with van der Waals surface area (Å²) in [4.78, 5) is 24.6. The Bertz CT molecular complexity index is 740. The highest BCUT2D eigenvalue weighted by Crippen LogP contribution is 2.28. The fourth-order valence-electron chi connectivity index (χ4n) is 2.00. The number of nitrogens with two attached hydrogens (primary N) is 2. The first-order valence-corrected chi connectivity index (χ1v) is 7.98. The Kier molecular flexibility index (Phi) is 5.23. The molecule has 0 radical (unpaired) electrons. The number of anilines is 2. The summed E-state index contributed by atoms with van der Waals surface area (Å²) in [6, 6.07) is 6.49. The first-order chi connectivity index (χ1) is 10.9. The van der Waals surface area contributed by atoms with E-state index < -0.39 is 5.91 Å². The van der Waals surface area contributed by atoms with Crippen LogP contribution in [0.3, 0.4) is 0 Å². The quantitative estimate of drug-likeness (QED) is 0.706. The van der Waals surface area contributed by atoms with E-state index in [9.17, 15) is 9.59 Å². The van der Waals surface area contributed by atoms with Crippen LogP contribution in [0.2, 0.25) is 0 Å². The molecule has 7 heteroatoms. The summed E-state index contributed by atoms with van der Waals surface area (Å²) in [6.45, 7) is 4.40. The van der Waals surface area contributed by atoms with Gasteiger partial charge in [-0.05, 0) is 37.6 Å². The second-order valence-electron chi connectivity index (χ2n) is 5.02. The van der Waals surface area contributed by atoms with Gasteiger partial charge >= 0.3 is 0 Å². The molecule has 1 heterocycles. The second-order valence-corrected chi connectivity index (χ2v) is 6.28. The Morgan fingerprint density at radius 2 is 2.04 bits per heavy atom. The van der Waals surface area contributed by atoms with Crippen molar-refractivity contribution < 1.29 is 14.3 Å². The van der Waals surface area contributed by atoms with Gasteiger partial charge in [-0.2, -0.15) is 0 Å². The largest absolute Gasteiger partial charge is 0.491 e. The van der Waals surface area contributed by atoms with Gasteiger partial charge in [0, 0.05) is 10.4 Å². The van der Waals surface area contributed by atoms with Crippen molar-refractivity contribution in [1.29, 1.82) is 0 Å². The van der Waals surface area contributed by atoms with Crippen LogP contribution in [-0.2, 0) is 0 Å². The number of nitrogens with one attached hydrogen (secondary N) is 1. The highest BCUT2D eigenvalue weighted by molar-refractivity contribution is 7.16. The lowest BCUT2D eigenvalue weighted by Gasteiger charge is -2.10. The van der Waals surface area contributed by atoms with E-state index in [0.717, 1.165) is 11.3 Å². The van der Waals surface area contributed by atoms with Gasteiger partial charge in [-0.15, -0.1) is 11.3 Å². The summed E-state index contributed by atoms with van der Waals surface area (Å²) in [5, 5.41) is 3.14. The number of carbonyl (C=O) groups excluding carboxylic acids is 2. The monoisotopic (exact) mass is 333 g/mol. The van der Waals surface area contributed by atoms with Crippen molar-refractivity contribution >= 4 is 33.8 Å². The lowest BCUT2D eigenvalue weighted by atomic mass is 10.1. The van der Waals surface area contributed by atoms with Crippen molar-refractivity contribution in [1.82, 2.24) is 0 Å². The van der Waals surface area contributed by atoms with Crippen LogP contribution in [0.25, 0.3) is 0 Å². The number of aryl methyl sites for hydroxylation is 1. The molecular weight excluding hydrogens is 314 g/mol. The van der Waals surface area contributed by atoms with Gasteiger partial charge in [-0.25, -0.2) is 0 Å². The Morgan fingerprint density at radius 1 is 1.30 bits per heavy atom. The third-order valence-corrected chi connectivity index (χ3v) is 4.05. The number of primary amides is 1. The molecule has 6 nitrogen and oxygen atoms in total. The van der Waals surface area contributed by atoms with Gasteiger partial charge < -0.3 is 21.5 Å². The van der Waals surface area contributed by atoms with E-state index in [1.807, 2.05) is 13.8 Å². The number of hydrogen-bond donors (Lipinski definition) is 3. The number of ether oxygens (including phenoxy) is 1. The molecule has 0 aliphatic carbocycles.